The molecular formula is C18H18ClF3N2O. The number of amides is 1. The van der Waals surface area contributed by atoms with Crippen LogP contribution in [0.2, 0.25) is 5.02 Å². The number of likely N-dealkylation sites (N-methyl/N-ethyl adjacent to an activating group) is 1. The van der Waals surface area contributed by atoms with Crippen LogP contribution < -0.4 is 5.32 Å². The van der Waals surface area contributed by atoms with Crippen molar-refractivity contribution in [3.8, 4) is 0 Å². The second-order valence-electron chi connectivity index (χ2n) is 5.53. The standard InChI is InChI=1S/C18H18ClF3N2O/c1-2-24(11-13-6-4-3-5-7-13)12-17(25)23-16-10-14(18(20,21)22)8-9-15(16)19/h3-10H,2,11-12H2,1H3,(H,23,25). The van der Waals surface area contributed by atoms with E-state index >= 15 is 0 Å². The van der Waals surface area contributed by atoms with Gasteiger partial charge in [-0.1, -0.05) is 48.9 Å². The molecule has 0 unspecified atom stereocenters. The molecule has 0 aliphatic carbocycles. The molecule has 0 spiro atoms. The van der Waals surface area contributed by atoms with Gasteiger partial charge in [0.1, 0.15) is 0 Å². The number of carbonyl (C=O) groups excluding carboxylic acids is 1. The second kappa shape index (κ2) is 8.36. The van der Waals surface area contributed by atoms with E-state index in [1.54, 1.807) is 0 Å². The maximum atomic E-state index is 12.8. The van der Waals surface area contributed by atoms with Gasteiger partial charge in [0.2, 0.25) is 5.91 Å². The monoisotopic (exact) mass is 370 g/mol. The SMILES string of the molecule is CCN(CC(=O)Nc1cc(C(F)(F)F)ccc1Cl)Cc1ccccc1. The zero-order chi connectivity index (χ0) is 18.4. The number of anilines is 1. The van der Waals surface area contributed by atoms with Gasteiger partial charge in [0.15, 0.2) is 0 Å². The Bertz CT molecular complexity index is 720. The molecule has 0 saturated heterocycles. The van der Waals surface area contributed by atoms with Crippen LogP contribution in [0.25, 0.3) is 0 Å². The molecule has 1 N–H and O–H groups in total. The molecule has 7 heteroatoms. The Morgan fingerprint density at radius 1 is 1.16 bits per heavy atom. The zero-order valence-corrected chi connectivity index (χ0v) is 14.4. The highest BCUT2D eigenvalue weighted by Gasteiger charge is 2.31. The van der Waals surface area contributed by atoms with E-state index in [9.17, 15) is 18.0 Å². The molecule has 0 aromatic heterocycles. The summed E-state index contributed by atoms with van der Waals surface area (Å²) in [4.78, 5) is 14.1. The van der Waals surface area contributed by atoms with Crippen molar-refractivity contribution in [1.29, 1.82) is 0 Å². The van der Waals surface area contributed by atoms with E-state index in [4.69, 9.17) is 11.6 Å². The van der Waals surface area contributed by atoms with E-state index in [1.165, 1.54) is 0 Å². The molecule has 2 rings (SSSR count). The molecule has 0 radical (unpaired) electrons. The highest BCUT2D eigenvalue weighted by Crippen LogP contribution is 2.33. The third kappa shape index (κ3) is 5.76. The van der Waals surface area contributed by atoms with Gasteiger partial charge in [-0.25, -0.2) is 0 Å². The first-order valence-corrected chi connectivity index (χ1v) is 8.10. The van der Waals surface area contributed by atoms with Crippen molar-refractivity contribution < 1.29 is 18.0 Å². The topological polar surface area (TPSA) is 32.3 Å². The molecule has 2 aromatic rings. The number of benzene rings is 2. The van der Waals surface area contributed by atoms with Crippen LogP contribution in [0.5, 0.6) is 0 Å². The molecule has 0 bridgehead atoms. The smallest absolute Gasteiger partial charge is 0.324 e. The maximum Gasteiger partial charge on any atom is 0.416 e. The van der Waals surface area contributed by atoms with Crippen LogP contribution in [-0.2, 0) is 17.5 Å². The summed E-state index contributed by atoms with van der Waals surface area (Å²) in [5.74, 6) is -0.418. The van der Waals surface area contributed by atoms with Gasteiger partial charge in [0.05, 0.1) is 22.8 Å². The Balaban J connectivity index is 2.03. The summed E-state index contributed by atoms with van der Waals surface area (Å²) in [5.41, 5.74) is 0.148. The van der Waals surface area contributed by atoms with E-state index in [0.29, 0.717) is 13.1 Å². The normalized spacial score (nSPS) is 11.6. The molecule has 1 amide bonds. The van der Waals surface area contributed by atoms with E-state index in [1.807, 2.05) is 42.2 Å². The summed E-state index contributed by atoms with van der Waals surface area (Å²) in [6, 6.07) is 12.5. The molecule has 0 saturated carbocycles. The van der Waals surface area contributed by atoms with Crippen LogP contribution in [0, 0.1) is 0 Å². The highest BCUT2D eigenvalue weighted by molar-refractivity contribution is 6.33. The fourth-order valence-corrected chi connectivity index (χ4v) is 2.48. The van der Waals surface area contributed by atoms with E-state index in [-0.39, 0.29) is 17.3 Å². The quantitative estimate of drug-likeness (QED) is 0.790. The lowest BCUT2D eigenvalue weighted by Gasteiger charge is -2.20. The predicted molar refractivity (Wildman–Crippen MR) is 92.5 cm³/mol. The van der Waals surface area contributed by atoms with Gasteiger partial charge in [0.25, 0.3) is 0 Å². The van der Waals surface area contributed by atoms with Crippen molar-refractivity contribution in [2.24, 2.45) is 0 Å². The molecule has 3 nitrogen and oxygen atoms in total. The highest BCUT2D eigenvalue weighted by atomic mass is 35.5. The molecular weight excluding hydrogens is 353 g/mol. The van der Waals surface area contributed by atoms with Crippen molar-refractivity contribution in [3.05, 3.63) is 64.7 Å². The summed E-state index contributed by atoms with van der Waals surface area (Å²) in [6.07, 6.45) is -4.49. The Kier molecular flexibility index (Phi) is 6.45. The van der Waals surface area contributed by atoms with Crippen LogP contribution in [0.3, 0.4) is 0 Å². The first-order chi connectivity index (χ1) is 11.8. The van der Waals surface area contributed by atoms with E-state index in [2.05, 4.69) is 5.32 Å². The summed E-state index contributed by atoms with van der Waals surface area (Å²) in [7, 11) is 0. The summed E-state index contributed by atoms with van der Waals surface area (Å²) in [5, 5.41) is 2.52. The largest absolute Gasteiger partial charge is 0.416 e. The molecule has 0 aliphatic heterocycles. The third-order valence-electron chi connectivity index (χ3n) is 3.63. The number of nitrogens with zero attached hydrogens (tertiary/aromatic N) is 1. The van der Waals surface area contributed by atoms with Gasteiger partial charge in [-0.15, -0.1) is 0 Å². The molecule has 0 atom stereocenters. The van der Waals surface area contributed by atoms with E-state index < -0.39 is 17.6 Å². The number of hydrogen-bond donors (Lipinski definition) is 1. The van der Waals surface area contributed by atoms with Crippen LogP contribution in [0.4, 0.5) is 18.9 Å². The van der Waals surface area contributed by atoms with Gasteiger partial charge in [0, 0.05) is 6.54 Å². The molecule has 134 valence electrons. The maximum absolute atomic E-state index is 12.8. The van der Waals surface area contributed by atoms with Crippen molar-refractivity contribution in [2.45, 2.75) is 19.6 Å². The average Bonchev–Trinajstić information content (AvgIpc) is 2.56. The van der Waals surface area contributed by atoms with Crippen molar-refractivity contribution in [2.75, 3.05) is 18.4 Å². The predicted octanol–water partition coefficient (Wildman–Crippen LogP) is 4.82. The van der Waals surface area contributed by atoms with Gasteiger partial charge in [-0.2, -0.15) is 13.2 Å². The number of alkyl halides is 3. The Morgan fingerprint density at radius 2 is 1.84 bits per heavy atom. The molecule has 0 aliphatic rings. The van der Waals surface area contributed by atoms with Crippen LogP contribution in [0.1, 0.15) is 18.1 Å². The Labute approximate surface area is 149 Å². The number of rotatable bonds is 6. The Hall–Kier alpha value is -2.05. The van der Waals surface area contributed by atoms with Crippen molar-refractivity contribution >= 4 is 23.2 Å². The molecule has 25 heavy (non-hydrogen) atoms. The van der Waals surface area contributed by atoms with Gasteiger partial charge in [-0.05, 0) is 30.3 Å². The lowest BCUT2D eigenvalue weighted by atomic mass is 10.2. The van der Waals surface area contributed by atoms with Crippen LogP contribution in [-0.4, -0.2) is 23.9 Å². The molecule has 2 aromatic carbocycles. The minimum absolute atomic E-state index is 0.0442. The zero-order valence-electron chi connectivity index (χ0n) is 13.6. The van der Waals surface area contributed by atoms with Gasteiger partial charge in [-0.3, -0.25) is 9.69 Å². The number of hydrogen-bond acceptors (Lipinski definition) is 2. The van der Waals surface area contributed by atoms with Crippen molar-refractivity contribution in [1.82, 2.24) is 4.90 Å². The van der Waals surface area contributed by atoms with Crippen LogP contribution in [0.15, 0.2) is 48.5 Å². The lowest BCUT2D eigenvalue weighted by Crippen LogP contribution is -2.32. The first-order valence-electron chi connectivity index (χ1n) is 7.72. The third-order valence-corrected chi connectivity index (χ3v) is 3.96. The minimum atomic E-state index is -4.49. The Morgan fingerprint density at radius 3 is 2.44 bits per heavy atom. The molecule has 0 heterocycles. The fourth-order valence-electron chi connectivity index (χ4n) is 2.31. The average molecular weight is 371 g/mol. The van der Waals surface area contributed by atoms with Crippen LogP contribution >= 0.6 is 11.6 Å². The first kappa shape index (κ1) is 19.3. The number of nitrogens with one attached hydrogen (secondary N) is 1. The fraction of sp³-hybridized carbons (Fsp3) is 0.278. The van der Waals surface area contributed by atoms with Gasteiger partial charge >= 0.3 is 6.18 Å². The second-order valence-corrected chi connectivity index (χ2v) is 5.94. The molecule has 0 fully saturated rings. The summed E-state index contributed by atoms with van der Waals surface area (Å²) in [6.45, 7) is 3.16. The van der Waals surface area contributed by atoms with E-state index in [0.717, 1.165) is 23.8 Å². The summed E-state index contributed by atoms with van der Waals surface area (Å²) < 4.78 is 38.3. The lowest BCUT2D eigenvalue weighted by molar-refractivity contribution is -0.137. The van der Waals surface area contributed by atoms with Gasteiger partial charge < -0.3 is 5.32 Å². The number of carbonyl (C=O) groups is 1. The minimum Gasteiger partial charge on any atom is -0.324 e. The summed E-state index contributed by atoms with van der Waals surface area (Å²) >= 11 is 5.89. The van der Waals surface area contributed by atoms with Crippen molar-refractivity contribution in [3.63, 3.8) is 0 Å². The number of halogens is 4.